The number of hydrogen-bond acceptors (Lipinski definition) is 2. The number of anilines is 1. The Morgan fingerprint density at radius 1 is 1.29 bits per heavy atom. The van der Waals surface area contributed by atoms with Crippen LogP contribution in [0.3, 0.4) is 0 Å². The molecule has 17 heavy (non-hydrogen) atoms. The van der Waals surface area contributed by atoms with Crippen molar-refractivity contribution in [3.8, 4) is 0 Å². The third-order valence-corrected chi connectivity index (χ3v) is 4.04. The van der Waals surface area contributed by atoms with E-state index < -0.39 is 0 Å². The van der Waals surface area contributed by atoms with Gasteiger partial charge in [0, 0.05) is 18.7 Å². The summed E-state index contributed by atoms with van der Waals surface area (Å²) in [6, 6.07) is 10.5. The molecule has 1 atom stereocenters. The number of halogens is 1. The second-order valence-electron chi connectivity index (χ2n) is 4.40. The first-order valence-electron chi connectivity index (χ1n) is 5.89. The zero-order valence-electron chi connectivity index (χ0n) is 9.45. The monoisotopic (exact) mass is 291 g/mol. The van der Waals surface area contributed by atoms with Crippen molar-refractivity contribution in [1.29, 1.82) is 0 Å². The number of para-hydroxylation sites is 1. The quantitative estimate of drug-likeness (QED) is 0.898. The molecule has 0 spiro atoms. The van der Waals surface area contributed by atoms with Gasteiger partial charge in [-0.2, -0.15) is 0 Å². The van der Waals surface area contributed by atoms with Crippen LogP contribution >= 0.6 is 15.9 Å². The van der Waals surface area contributed by atoms with Gasteiger partial charge in [-0.15, -0.1) is 0 Å². The number of rotatable bonds is 2. The Balaban J connectivity index is 1.88. The molecule has 3 rings (SSSR count). The van der Waals surface area contributed by atoms with Crippen LogP contribution in [0.1, 0.15) is 23.7 Å². The highest BCUT2D eigenvalue weighted by atomic mass is 79.9. The molecule has 2 aromatic rings. The molecular formula is C14H14BrNO. The van der Waals surface area contributed by atoms with E-state index in [9.17, 15) is 0 Å². The molecule has 0 fully saturated rings. The SMILES string of the molecule is Brc1ccoc1CC1CCNc2ccccc21. The Kier molecular flexibility index (Phi) is 2.93. The van der Waals surface area contributed by atoms with Gasteiger partial charge in [0.2, 0.25) is 0 Å². The van der Waals surface area contributed by atoms with Crippen LogP contribution in [0.2, 0.25) is 0 Å². The first-order valence-corrected chi connectivity index (χ1v) is 6.68. The summed E-state index contributed by atoms with van der Waals surface area (Å²) in [7, 11) is 0. The molecule has 1 aromatic carbocycles. The fraction of sp³-hybridized carbons (Fsp3) is 0.286. The van der Waals surface area contributed by atoms with Crippen molar-refractivity contribution < 1.29 is 4.42 Å². The molecule has 2 nitrogen and oxygen atoms in total. The summed E-state index contributed by atoms with van der Waals surface area (Å²) in [6.45, 7) is 1.04. The van der Waals surface area contributed by atoms with Gasteiger partial charge in [-0.25, -0.2) is 0 Å². The van der Waals surface area contributed by atoms with Crippen molar-refractivity contribution in [3.63, 3.8) is 0 Å². The largest absolute Gasteiger partial charge is 0.468 e. The maximum Gasteiger partial charge on any atom is 0.118 e. The van der Waals surface area contributed by atoms with Crippen molar-refractivity contribution in [2.75, 3.05) is 11.9 Å². The fourth-order valence-electron chi connectivity index (χ4n) is 2.46. The molecule has 0 amide bonds. The summed E-state index contributed by atoms with van der Waals surface area (Å²) < 4.78 is 6.59. The Bertz CT molecular complexity index is 520. The summed E-state index contributed by atoms with van der Waals surface area (Å²) in [5.41, 5.74) is 2.67. The topological polar surface area (TPSA) is 25.2 Å². The Labute approximate surface area is 109 Å². The lowest BCUT2D eigenvalue weighted by Crippen LogP contribution is -2.18. The summed E-state index contributed by atoms with van der Waals surface area (Å²) >= 11 is 3.52. The summed E-state index contributed by atoms with van der Waals surface area (Å²) in [6.07, 6.45) is 3.86. The summed E-state index contributed by atoms with van der Waals surface area (Å²) in [5.74, 6) is 1.60. The Hall–Kier alpha value is -1.22. The molecule has 88 valence electrons. The van der Waals surface area contributed by atoms with E-state index in [1.165, 1.54) is 11.3 Å². The normalized spacial score (nSPS) is 18.5. The summed E-state index contributed by atoms with van der Waals surface area (Å²) in [4.78, 5) is 0. The molecule has 2 heterocycles. The van der Waals surface area contributed by atoms with Gasteiger partial charge in [-0.1, -0.05) is 18.2 Å². The first-order chi connectivity index (χ1) is 8.34. The van der Waals surface area contributed by atoms with Crippen LogP contribution in [0.4, 0.5) is 5.69 Å². The van der Waals surface area contributed by atoms with Gasteiger partial charge < -0.3 is 9.73 Å². The van der Waals surface area contributed by atoms with Crippen LogP contribution in [-0.2, 0) is 6.42 Å². The van der Waals surface area contributed by atoms with E-state index in [4.69, 9.17) is 4.42 Å². The van der Waals surface area contributed by atoms with E-state index in [1.807, 2.05) is 6.07 Å². The van der Waals surface area contributed by atoms with Crippen molar-refractivity contribution in [1.82, 2.24) is 0 Å². The predicted octanol–water partition coefficient (Wildman–Crippen LogP) is 4.18. The molecule has 3 heteroatoms. The molecular weight excluding hydrogens is 278 g/mol. The maximum atomic E-state index is 5.51. The highest BCUT2D eigenvalue weighted by Gasteiger charge is 2.21. The molecule has 0 aliphatic carbocycles. The van der Waals surface area contributed by atoms with E-state index >= 15 is 0 Å². The lowest BCUT2D eigenvalue weighted by Gasteiger charge is -2.26. The number of fused-ring (bicyclic) bond motifs is 1. The average molecular weight is 292 g/mol. The third-order valence-electron chi connectivity index (χ3n) is 3.33. The molecule has 0 saturated carbocycles. The van der Waals surface area contributed by atoms with Crippen molar-refractivity contribution in [3.05, 3.63) is 52.4 Å². The highest BCUT2D eigenvalue weighted by molar-refractivity contribution is 9.10. The van der Waals surface area contributed by atoms with Crippen molar-refractivity contribution in [2.24, 2.45) is 0 Å². The molecule has 0 saturated heterocycles. The lowest BCUT2D eigenvalue weighted by molar-refractivity contribution is 0.474. The minimum Gasteiger partial charge on any atom is -0.468 e. The molecule has 1 aromatic heterocycles. The number of hydrogen-bond donors (Lipinski definition) is 1. The van der Waals surface area contributed by atoms with E-state index in [0.29, 0.717) is 5.92 Å². The minimum atomic E-state index is 0.551. The average Bonchev–Trinajstić information content (AvgIpc) is 2.76. The van der Waals surface area contributed by atoms with Gasteiger partial charge >= 0.3 is 0 Å². The smallest absolute Gasteiger partial charge is 0.118 e. The van der Waals surface area contributed by atoms with Gasteiger partial charge in [0.05, 0.1) is 10.7 Å². The van der Waals surface area contributed by atoms with Crippen LogP contribution in [0.5, 0.6) is 0 Å². The molecule has 0 radical (unpaired) electrons. The fourth-order valence-corrected chi connectivity index (χ4v) is 2.82. The molecule has 1 unspecified atom stereocenters. The van der Waals surface area contributed by atoms with Crippen LogP contribution in [0, 0.1) is 0 Å². The van der Waals surface area contributed by atoms with E-state index in [0.717, 1.165) is 29.6 Å². The van der Waals surface area contributed by atoms with Crippen LogP contribution in [0.15, 0.2) is 45.5 Å². The van der Waals surface area contributed by atoms with Gasteiger partial charge in [-0.05, 0) is 46.0 Å². The van der Waals surface area contributed by atoms with Crippen LogP contribution < -0.4 is 5.32 Å². The first kappa shape index (κ1) is 10.9. The van der Waals surface area contributed by atoms with E-state index in [-0.39, 0.29) is 0 Å². The van der Waals surface area contributed by atoms with Crippen LogP contribution in [0.25, 0.3) is 0 Å². The van der Waals surface area contributed by atoms with E-state index in [2.05, 4.69) is 45.5 Å². The minimum absolute atomic E-state index is 0.551. The number of benzene rings is 1. The summed E-state index contributed by atoms with van der Waals surface area (Å²) in [5, 5.41) is 3.44. The lowest BCUT2D eigenvalue weighted by atomic mass is 9.88. The second kappa shape index (κ2) is 4.57. The van der Waals surface area contributed by atoms with Crippen molar-refractivity contribution in [2.45, 2.75) is 18.8 Å². The zero-order chi connectivity index (χ0) is 11.7. The van der Waals surface area contributed by atoms with Gasteiger partial charge in [-0.3, -0.25) is 0 Å². The molecule has 0 bridgehead atoms. The maximum absolute atomic E-state index is 5.51. The molecule has 1 N–H and O–H groups in total. The number of furan rings is 1. The Morgan fingerprint density at radius 2 is 2.18 bits per heavy atom. The van der Waals surface area contributed by atoms with E-state index in [1.54, 1.807) is 6.26 Å². The zero-order valence-corrected chi connectivity index (χ0v) is 11.0. The van der Waals surface area contributed by atoms with Crippen molar-refractivity contribution >= 4 is 21.6 Å². The van der Waals surface area contributed by atoms with Gasteiger partial charge in [0.25, 0.3) is 0 Å². The number of nitrogens with one attached hydrogen (secondary N) is 1. The highest BCUT2D eigenvalue weighted by Crippen LogP contribution is 2.35. The third kappa shape index (κ3) is 2.12. The van der Waals surface area contributed by atoms with Crippen LogP contribution in [-0.4, -0.2) is 6.54 Å². The molecule has 1 aliphatic rings. The predicted molar refractivity (Wildman–Crippen MR) is 72.4 cm³/mol. The molecule has 1 aliphatic heterocycles. The standard InChI is InChI=1S/C14H14BrNO/c15-12-6-8-17-14(12)9-10-5-7-16-13-4-2-1-3-11(10)13/h1-4,6,8,10,16H,5,7,9H2. The van der Waals surface area contributed by atoms with Gasteiger partial charge in [0.1, 0.15) is 5.76 Å². The second-order valence-corrected chi connectivity index (χ2v) is 5.25. The van der Waals surface area contributed by atoms with Gasteiger partial charge in [0.15, 0.2) is 0 Å². The Morgan fingerprint density at radius 3 is 3.00 bits per heavy atom.